The Bertz CT molecular complexity index is 7030. The van der Waals surface area contributed by atoms with Gasteiger partial charge in [-0.3, -0.25) is 0 Å². The minimum Gasteiger partial charge on any atom is -0.418 e. The number of benzene rings is 11. The summed E-state index contributed by atoms with van der Waals surface area (Å²) in [6.07, 6.45) is 19.5. The summed E-state index contributed by atoms with van der Waals surface area (Å²) in [6, 6.07) is 116. The van der Waals surface area contributed by atoms with Gasteiger partial charge < -0.3 is 47.8 Å². The zero-order valence-electron chi connectivity index (χ0n) is 71.0. The first kappa shape index (κ1) is 100. The van der Waals surface area contributed by atoms with Crippen LogP contribution in [0.4, 0.5) is 13.2 Å². The van der Waals surface area contributed by atoms with E-state index in [0.717, 1.165) is 96.4 Å². The van der Waals surface area contributed by atoms with E-state index in [9.17, 15) is 13.2 Å². The molecule has 0 bridgehead atoms. The molecule has 0 fully saturated rings. The molecule has 11 aromatic carbocycles. The first-order valence-corrected chi connectivity index (χ1v) is 40.1. The van der Waals surface area contributed by atoms with E-state index in [0.29, 0.717) is 34.4 Å². The van der Waals surface area contributed by atoms with Crippen LogP contribution in [0.5, 0.6) is 11.5 Å². The van der Waals surface area contributed by atoms with E-state index in [1.165, 1.54) is 61.8 Å². The average Bonchev–Trinajstić information content (AvgIpc) is 1.60. The summed E-state index contributed by atoms with van der Waals surface area (Å²) in [6.45, 7) is 10.8. The summed E-state index contributed by atoms with van der Waals surface area (Å²) in [4.78, 5) is 21.9. The molecule has 0 atom stereocenters. The Balaban J connectivity index is 0.000000170. The molecule has 0 N–H and O–H groups in total. The first-order chi connectivity index (χ1) is 62.0. The van der Waals surface area contributed by atoms with Crippen LogP contribution in [0.2, 0.25) is 0 Å². The predicted octanol–water partition coefficient (Wildman–Crippen LogP) is 25.5. The van der Waals surface area contributed by atoms with Crippen molar-refractivity contribution in [3.63, 3.8) is 0 Å². The molecule has 8 heterocycles. The molecule has 132 heavy (non-hydrogen) atoms. The number of nitrogens with zero attached hydrogens (tertiary/aromatic N) is 10. The second kappa shape index (κ2) is 48.1. The smallest absolute Gasteiger partial charge is 0.416 e. The second-order valence-electron chi connectivity index (χ2n) is 29.5. The number of aryl methyl sites for hydroxylation is 2. The number of terminal acetylenes is 2. The number of ether oxygens (including phenoxy) is 2. The largest absolute Gasteiger partial charge is 0.418 e. The maximum atomic E-state index is 12.7. The fourth-order valence-corrected chi connectivity index (χ4v) is 13.6. The molecule has 0 aliphatic rings. The van der Waals surface area contributed by atoms with Crippen LogP contribution < -0.4 is 9.47 Å². The fourth-order valence-electron chi connectivity index (χ4n) is 13.6. The Hall–Kier alpha value is -13.9. The van der Waals surface area contributed by atoms with Gasteiger partial charge in [-0.2, -0.15) is 13.2 Å². The molecule has 22 heteroatoms. The normalized spacial score (nSPS) is 10.3. The first-order valence-electron chi connectivity index (χ1n) is 40.1. The van der Waals surface area contributed by atoms with Crippen molar-refractivity contribution in [2.75, 3.05) is 0 Å². The number of para-hydroxylation sites is 2. The summed E-state index contributed by atoms with van der Waals surface area (Å²) >= 11 is 0. The number of halogens is 3. The summed E-state index contributed by atoms with van der Waals surface area (Å²) in [7, 11) is 0. The zero-order valence-corrected chi connectivity index (χ0v) is 82.9. The van der Waals surface area contributed by atoms with Gasteiger partial charge in [-0.05, 0) is 190 Å². The number of fused-ring (bicyclic) bond motifs is 3. The number of hydrogen-bond donors (Lipinski definition) is 0. The Morgan fingerprint density at radius 2 is 0.689 bits per heavy atom. The van der Waals surface area contributed by atoms with Crippen LogP contribution in [0.25, 0.3) is 152 Å². The van der Waals surface area contributed by atoms with Gasteiger partial charge >= 0.3 is 6.18 Å². The third-order valence-electron chi connectivity index (χ3n) is 19.9. The van der Waals surface area contributed by atoms with Crippen LogP contribution in [0, 0.1) is 92.9 Å². The van der Waals surface area contributed by atoms with Gasteiger partial charge in [0.1, 0.15) is 12.2 Å². The molecule has 0 aliphatic heterocycles. The molecule has 0 amide bonds. The molecule has 19 rings (SSSR count). The van der Waals surface area contributed by atoms with Crippen molar-refractivity contribution in [2.24, 2.45) is 0 Å². The SMILES string of the molecule is C#CC#COc1ccc(-c2cc[c-]c(-c3ccccn3)c2)cc1OC#CC#C.CC(C)(C)c1ccc(-c2nnc(-c3cc[c-]c(-c4ccccn4)c3)o2)cc1.Cc1ccc(C)c(-c2cc[c-]c(-c3ccccn3)c2)c1.FC(F)(F)c1ccc(-c2nnc(-c3cc[c-]c(-c4ccccn4)c3)o2)cc1.[Ir].[Ir].[Ir].[Ir].[Ir].[c-]1ccc(-n2c3ccccc3c3ccccc32)cc1-c1ccccn1. The van der Waals surface area contributed by atoms with Gasteiger partial charge in [0, 0.05) is 165 Å². The van der Waals surface area contributed by atoms with E-state index in [-0.39, 0.29) is 118 Å². The zero-order chi connectivity index (χ0) is 87.9. The van der Waals surface area contributed by atoms with Crippen LogP contribution in [-0.2, 0) is 112 Å². The van der Waals surface area contributed by atoms with Crippen LogP contribution in [-0.4, -0.2) is 49.9 Å². The summed E-state index contributed by atoms with van der Waals surface area (Å²) in [5.74, 6) is 11.3. The van der Waals surface area contributed by atoms with Gasteiger partial charge in [0.2, 0.25) is 23.6 Å². The number of alkyl halides is 3. The van der Waals surface area contributed by atoms with Crippen molar-refractivity contribution in [3.8, 4) is 190 Å². The van der Waals surface area contributed by atoms with E-state index in [4.69, 9.17) is 31.2 Å². The maximum Gasteiger partial charge on any atom is 0.416 e. The van der Waals surface area contributed by atoms with Gasteiger partial charge in [0.15, 0.2) is 11.5 Å². The van der Waals surface area contributed by atoms with Gasteiger partial charge in [-0.1, -0.05) is 160 Å². The Morgan fingerprint density at radius 3 is 1.10 bits per heavy atom. The van der Waals surface area contributed by atoms with Gasteiger partial charge in [0.05, 0.1) is 16.6 Å². The Labute approximate surface area is 831 Å². The van der Waals surface area contributed by atoms with E-state index in [1.807, 2.05) is 176 Å². The minimum atomic E-state index is -4.39. The molecule has 5 radical (unpaired) electrons. The van der Waals surface area contributed by atoms with E-state index in [2.05, 4.69) is 254 Å². The number of pyridine rings is 5. The monoisotopic (exact) mass is 2620 g/mol. The van der Waals surface area contributed by atoms with E-state index < -0.39 is 11.7 Å². The van der Waals surface area contributed by atoms with Crippen molar-refractivity contribution in [2.45, 2.75) is 46.2 Å². The molecular weight excluding hydrogens is 2540 g/mol. The summed E-state index contributed by atoms with van der Waals surface area (Å²) in [5, 5.41) is 18.9. The topological polar surface area (TPSA) is 166 Å². The average molecular weight is 2620 g/mol. The molecule has 0 spiro atoms. The molecule has 0 unspecified atom stereocenters. The number of rotatable bonds is 14. The van der Waals surface area contributed by atoms with Crippen molar-refractivity contribution >= 4 is 21.8 Å². The molecular formula is C110H74F3Ir5N10O4-5. The third-order valence-corrected chi connectivity index (χ3v) is 19.9. The Kier molecular flexibility index (Phi) is 36.6. The molecule has 0 saturated heterocycles. The third kappa shape index (κ3) is 25.8. The van der Waals surface area contributed by atoms with Gasteiger partial charge in [-0.15, -0.1) is 194 Å². The van der Waals surface area contributed by atoms with Crippen LogP contribution >= 0.6 is 0 Å². The van der Waals surface area contributed by atoms with E-state index >= 15 is 0 Å². The molecule has 8 aromatic heterocycles. The van der Waals surface area contributed by atoms with Crippen LogP contribution in [0.15, 0.2) is 355 Å². The molecule has 19 aromatic rings. The van der Waals surface area contributed by atoms with Crippen molar-refractivity contribution < 1.29 is 132 Å². The molecule has 0 saturated carbocycles. The quantitative estimate of drug-likeness (QED) is 0.0746. The number of aromatic nitrogens is 10. The van der Waals surface area contributed by atoms with Gasteiger partial charge in [0.25, 0.3) is 0 Å². The van der Waals surface area contributed by atoms with Gasteiger partial charge in [-0.25, -0.2) is 0 Å². The molecule has 0 aliphatic carbocycles. The second-order valence-corrected chi connectivity index (χ2v) is 29.5. The van der Waals surface area contributed by atoms with Crippen LogP contribution in [0.1, 0.15) is 43.0 Å². The predicted molar refractivity (Wildman–Crippen MR) is 493 cm³/mol. The molecule has 14 nitrogen and oxygen atoms in total. The summed E-state index contributed by atoms with van der Waals surface area (Å²) < 4.78 is 62.6. The fraction of sp³-hybridized carbons (Fsp3) is 0.0636. The van der Waals surface area contributed by atoms with Crippen molar-refractivity contribution in [1.29, 1.82) is 0 Å². The summed E-state index contributed by atoms with van der Waals surface area (Å²) in [5.41, 5.74) is 22.8. The standard InChI is InChI=1S/C25H12NO2.C23H20N3O.C23H15N2.C20H11F3N3O.C19H16N.5Ir/c1-3-5-16-27-24-14-13-21(19-25(24)28-17-6-4-2)20-10-9-11-22(18-20)23-12-7-8-15-26-23;1-23(2,3)19-12-10-16(11-13-19)21-25-26-22(27-21)18-8-6-7-17(15-18)20-9-4-5-14-24-20;1-3-13-22-19(10-1)20-11-2-4-14-23(20)25(22)18-9-7-8-17(16-18)21-12-5-6-15-24-21;21-20(22,23)16-9-7-13(8-10-16)18-25-26-19(27-18)15-5-3-4-14(12-15)17-6-1-2-11-24-17;1-14-9-10-15(2)18(12-14)16-6-5-7-17(13-16)19-8-3-4-11-20-19;;;;;/h1-2,7-10,12-15,18-19H;4-6,8-15H,1-3H3;1-7,9-16H;1-3,5-12H;3-6,8-13H,1-2H3;;;;;/q5*-1;;;;;. The number of hydrogen-bond acceptors (Lipinski definition) is 13. The van der Waals surface area contributed by atoms with Crippen LogP contribution in [0.3, 0.4) is 0 Å². The minimum absolute atomic E-state index is 0. The van der Waals surface area contributed by atoms with Crippen molar-refractivity contribution in [1.82, 2.24) is 49.9 Å². The molecule has 659 valence electrons. The maximum absolute atomic E-state index is 12.7. The van der Waals surface area contributed by atoms with Crippen molar-refractivity contribution in [3.05, 3.63) is 399 Å². The Morgan fingerprint density at radius 1 is 0.341 bits per heavy atom. The van der Waals surface area contributed by atoms with E-state index in [1.54, 1.807) is 42.9 Å².